The molecule has 1 aliphatic rings. The zero-order valence-corrected chi connectivity index (χ0v) is 8.08. The van der Waals surface area contributed by atoms with E-state index in [0.717, 1.165) is 18.1 Å². The number of aromatic nitrogens is 1. The van der Waals surface area contributed by atoms with E-state index in [1.807, 2.05) is 0 Å². The van der Waals surface area contributed by atoms with Crippen molar-refractivity contribution in [2.24, 2.45) is 0 Å². The Bertz CT molecular complexity index is 282. The van der Waals surface area contributed by atoms with Crippen molar-refractivity contribution in [2.75, 3.05) is 18.8 Å². The van der Waals surface area contributed by atoms with Gasteiger partial charge in [-0.05, 0) is 6.92 Å². The summed E-state index contributed by atoms with van der Waals surface area (Å²) in [5, 5.41) is 0.734. The number of thiazole rings is 1. The summed E-state index contributed by atoms with van der Waals surface area (Å²) in [7, 11) is 0. The number of nitrogens with zero attached hydrogens (tertiary/aromatic N) is 1. The van der Waals surface area contributed by atoms with Crippen molar-refractivity contribution in [3.05, 3.63) is 10.6 Å². The lowest BCUT2D eigenvalue weighted by Gasteiger charge is -2.20. The first-order valence-corrected chi connectivity index (χ1v) is 5.19. The lowest BCUT2D eigenvalue weighted by Crippen LogP contribution is -3.11. The highest BCUT2D eigenvalue weighted by molar-refractivity contribution is 7.15. The molecule has 3 N–H and O–H groups in total. The van der Waals surface area contributed by atoms with Gasteiger partial charge in [-0.15, -0.1) is 0 Å². The summed E-state index contributed by atoms with van der Waals surface area (Å²) in [6.07, 6.45) is 1.10. The largest absolute Gasteiger partial charge is 0.375 e. The van der Waals surface area contributed by atoms with E-state index < -0.39 is 0 Å². The fraction of sp³-hybridized carbons (Fsp3) is 0.625. The van der Waals surface area contributed by atoms with Crippen LogP contribution in [0, 0.1) is 0 Å². The highest BCUT2D eigenvalue weighted by atomic mass is 32.1. The van der Waals surface area contributed by atoms with E-state index in [9.17, 15) is 0 Å². The van der Waals surface area contributed by atoms with Crippen LogP contribution in [0.5, 0.6) is 0 Å². The predicted molar refractivity (Wildman–Crippen MR) is 50.3 cm³/mol. The van der Waals surface area contributed by atoms with Gasteiger partial charge in [0.2, 0.25) is 0 Å². The molecule has 0 saturated heterocycles. The van der Waals surface area contributed by atoms with Crippen LogP contribution in [0.4, 0.5) is 5.13 Å². The second-order valence-corrected chi connectivity index (χ2v) is 4.32. The van der Waals surface area contributed by atoms with Crippen molar-refractivity contribution in [1.82, 2.24) is 4.98 Å². The van der Waals surface area contributed by atoms with Crippen LogP contribution in [0.2, 0.25) is 0 Å². The quantitative estimate of drug-likeness (QED) is 0.628. The normalized spacial score (nSPS) is 22.2. The van der Waals surface area contributed by atoms with E-state index in [0.29, 0.717) is 0 Å². The molecule has 1 atom stereocenters. The van der Waals surface area contributed by atoms with Gasteiger partial charge in [-0.2, -0.15) is 0 Å². The van der Waals surface area contributed by atoms with Crippen molar-refractivity contribution < 1.29 is 4.90 Å². The first-order chi connectivity index (χ1) is 5.79. The number of nitrogens with two attached hydrogens (primary N) is 1. The maximum atomic E-state index is 5.64. The second-order valence-electron chi connectivity index (χ2n) is 3.20. The SMILES string of the molecule is CC[NH+]1CCc2nc(N)sc2C1. The molecular weight excluding hydrogens is 170 g/mol. The topological polar surface area (TPSA) is 43.4 Å². The summed E-state index contributed by atoms with van der Waals surface area (Å²) in [6, 6.07) is 0. The van der Waals surface area contributed by atoms with Crippen molar-refractivity contribution in [3.63, 3.8) is 0 Å². The molecule has 0 aromatic carbocycles. The Kier molecular flexibility index (Phi) is 2.02. The van der Waals surface area contributed by atoms with Crippen molar-refractivity contribution in [2.45, 2.75) is 19.9 Å². The van der Waals surface area contributed by atoms with Gasteiger partial charge in [-0.3, -0.25) is 0 Å². The Morgan fingerprint density at radius 2 is 2.50 bits per heavy atom. The maximum Gasteiger partial charge on any atom is 0.180 e. The van der Waals surface area contributed by atoms with Gasteiger partial charge in [-0.1, -0.05) is 11.3 Å². The Morgan fingerprint density at radius 3 is 3.25 bits per heavy atom. The van der Waals surface area contributed by atoms with Crippen LogP contribution >= 0.6 is 11.3 Å². The van der Waals surface area contributed by atoms with Crippen LogP contribution in [0.15, 0.2) is 0 Å². The lowest BCUT2D eigenvalue weighted by atomic mass is 10.2. The smallest absolute Gasteiger partial charge is 0.180 e. The van der Waals surface area contributed by atoms with Gasteiger partial charge in [0.1, 0.15) is 6.54 Å². The Labute approximate surface area is 76.2 Å². The fourth-order valence-corrected chi connectivity index (χ4v) is 2.60. The molecule has 0 aliphatic carbocycles. The predicted octanol–water partition coefficient (Wildman–Crippen LogP) is -0.314. The van der Waals surface area contributed by atoms with Gasteiger partial charge in [-0.25, -0.2) is 4.98 Å². The lowest BCUT2D eigenvalue weighted by molar-refractivity contribution is -0.913. The minimum Gasteiger partial charge on any atom is -0.375 e. The minimum absolute atomic E-state index is 0.734. The van der Waals surface area contributed by atoms with Crippen LogP contribution in [0.25, 0.3) is 0 Å². The molecule has 4 heteroatoms. The molecule has 0 fully saturated rings. The third-order valence-electron chi connectivity index (χ3n) is 2.42. The van der Waals surface area contributed by atoms with Gasteiger partial charge in [0.25, 0.3) is 0 Å². The molecule has 0 spiro atoms. The zero-order chi connectivity index (χ0) is 8.55. The Morgan fingerprint density at radius 1 is 1.67 bits per heavy atom. The zero-order valence-electron chi connectivity index (χ0n) is 7.26. The highest BCUT2D eigenvalue weighted by Gasteiger charge is 2.21. The van der Waals surface area contributed by atoms with Crippen LogP contribution in [0.3, 0.4) is 0 Å². The first-order valence-electron chi connectivity index (χ1n) is 4.37. The van der Waals surface area contributed by atoms with E-state index in [-0.39, 0.29) is 0 Å². The van der Waals surface area contributed by atoms with Crippen molar-refractivity contribution in [1.29, 1.82) is 0 Å². The van der Waals surface area contributed by atoms with Gasteiger partial charge >= 0.3 is 0 Å². The molecule has 1 aromatic rings. The molecule has 1 unspecified atom stereocenters. The number of nitrogens with one attached hydrogen (secondary N) is 1. The van der Waals surface area contributed by atoms with Gasteiger partial charge < -0.3 is 10.6 Å². The molecule has 1 aromatic heterocycles. The molecule has 3 nitrogen and oxygen atoms in total. The molecule has 0 amide bonds. The van der Waals surface area contributed by atoms with Crippen LogP contribution < -0.4 is 10.6 Å². The average Bonchev–Trinajstić information content (AvgIpc) is 2.43. The third-order valence-corrected chi connectivity index (χ3v) is 3.35. The first kappa shape index (κ1) is 8.01. The number of anilines is 1. The molecule has 0 saturated carbocycles. The van der Waals surface area contributed by atoms with E-state index in [2.05, 4.69) is 11.9 Å². The summed E-state index contributed by atoms with van der Waals surface area (Å²) in [5.74, 6) is 0. The number of quaternary nitrogens is 1. The number of likely N-dealkylation sites (N-methyl/N-ethyl adjacent to an activating group) is 1. The number of hydrogen-bond donors (Lipinski definition) is 2. The molecular formula is C8H14N3S+. The summed E-state index contributed by atoms with van der Waals surface area (Å²) in [5.41, 5.74) is 6.89. The molecule has 2 heterocycles. The number of nitrogen functional groups attached to an aromatic ring is 1. The molecule has 0 bridgehead atoms. The number of rotatable bonds is 1. The molecule has 66 valence electrons. The molecule has 2 rings (SSSR count). The van der Waals surface area contributed by atoms with E-state index in [4.69, 9.17) is 5.73 Å². The number of hydrogen-bond acceptors (Lipinski definition) is 3. The third kappa shape index (κ3) is 1.32. The monoisotopic (exact) mass is 184 g/mol. The van der Waals surface area contributed by atoms with Gasteiger partial charge in [0, 0.05) is 6.42 Å². The summed E-state index contributed by atoms with van der Waals surface area (Å²) in [6.45, 7) is 5.77. The van der Waals surface area contributed by atoms with Crippen LogP contribution in [-0.2, 0) is 13.0 Å². The Balaban J connectivity index is 2.22. The van der Waals surface area contributed by atoms with Crippen LogP contribution in [0.1, 0.15) is 17.5 Å². The van der Waals surface area contributed by atoms with Crippen molar-refractivity contribution >= 4 is 16.5 Å². The fourth-order valence-electron chi connectivity index (χ4n) is 1.65. The summed E-state index contributed by atoms with van der Waals surface area (Å²) >= 11 is 1.66. The Hall–Kier alpha value is -0.610. The van der Waals surface area contributed by atoms with E-state index in [1.54, 1.807) is 16.2 Å². The minimum atomic E-state index is 0.734. The molecule has 12 heavy (non-hydrogen) atoms. The molecule has 0 radical (unpaired) electrons. The van der Waals surface area contributed by atoms with Crippen LogP contribution in [-0.4, -0.2) is 18.1 Å². The van der Waals surface area contributed by atoms with E-state index >= 15 is 0 Å². The average molecular weight is 184 g/mol. The highest BCUT2D eigenvalue weighted by Crippen LogP contribution is 2.21. The maximum absolute atomic E-state index is 5.64. The van der Waals surface area contributed by atoms with Gasteiger partial charge in [0.15, 0.2) is 5.13 Å². The molecule has 1 aliphatic heterocycles. The van der Waals surface area contributed by atoms with E-state index in [1.165, 1.54) is 23.7 Å². The standard InChI is InChI=1S/C8H13N3S/c1-2-11-4-3-6-7(5-11)12-8(9)10-6/h2-5H2,1H3,(H2,9,10)/p+1. The second kappa shape index (κ2) is 3.03. The number of fused-ring (bicyclic) bond motifs is 1. The van der Waals surface area contributed by atoms with Gasteiger partial charge in [0.05, 0.1) is 23.7 Å². The summed E-state index contributed by atoms with van der Waals surface area (Å²) < 4.78 is 0. The summed E-state index contributed by atoms with van der Waals surface area (Å²) in [4.78, 5) is 7.35. The van der Waals surface area contributed by atoms with Crippen molar-refractivity contribution in [3.8, 4) is 0 Å².